The number of rotatable bonds is 1. The van der Waals surface area contributed by atoms with E-state index in [1.165, 1.54) is 13.8 Å². The number of carbonyl (C=O) groups is 1. The average molecular weight is 219 g/mol. The fraction of sp³-hybridized carbons (Fsp3) is 0.375. The smallest absolute Gasteiger partial charge is 0.295 e. The van der Waals surface area contributed by atoms with Gasteiger partial charge in [0.2, 0.25) is 11.9 Å². The number of hydrogen-bond acceptors (Lipinski definition) is 3. The van der Waals surface area contributed by atoms with Crippen molar-refractivity contribution in [2.45, 2.75) is 20.0 Å². The molecule has 1 heterocycles. The van der Waals surface area contributed by atoms with E-state index in [1.54, 1.807) is 0 Å². The lowest BCUT2D eigenvalue weighted by Crippen LogP contribution is -2.15. The molecule has 0 fully saturated rings. The molecule has 0 aromatic carbocycles. The van der Waals surface area contributed by atoms with Crippen LogP contribution in [0.15, 0.2) is 6.07 Å². The van der Waals surface area contributed by atoms with Gasteiger partial charge in [0.15, 0.2) is 0 Å². The Morgan fingerprint density at radius 1 is 1.40 bits per heavy atom. The number of nitrogens with zero attached hydrogens (tertiary/aromatic N) is 2. The van der Waals surface area contributed by atoms with Crippen LogP contribution in [0.1, 0.15) is 18.3 Å². The SMILES string of the molecule is CC(=O)Nc1nc(C)cc(C(F)(F)F)n1. The van der Waals surface area contributed by atoms with Crippen LogP contribution >= 0.6 is 0 Å². The van der Waals surface area contributed by atoms with Crippen molar-refractivity contribution in [1.29, 1.82) is 0 Å². The van der Waals surface area contributed by atoms with Crippen LogP contribution in [0.4, 0.5) is 19.1 Å². The number of amides is 1. The van der Waals surface area contributed by atoms with E-state index in [-0.39, 0.29) is 11.6 Å². The van der Waals surface area contributed by atoms with Crippen molar-refractivity contribution in [3.63, 3.8) is 0 Å². The molecule has 1 N–H and O–H groups in total. The second-order valence-corrected chi connectivity index (χ2v) is 2.90. The first-order valence-corrected chi connectivity index (χ1v) is 3.99. The highest BCUT2D eigenvalue weighted by molar-refractivity contribution is 5.86. The summed E-state index contributed by atoms with van der Waals surface area (Å²) in [7, 11) is 0. The number of nitrogens with one attached hydrogen (secondary N) is 1. The van der Waals surface area contributed by atoms with Gasteiger partial charge in [-0.15, -0.1) is 0 Å². The van der Waals surface area contributed by atoms with Crippen LogP contribution < -0.4 is 5.32 Å². The van der Waals surface area contributed by atoms with Crippen molar-refractivity contribution in [3.05, 3.63) is 17.5 Å². The van der Waals surface area contributed by atoms with E-state index in [0.29, 0.717) is 0 Å². The van der Waals surface area contributed by atoms with Crippen LogP contribution in [0, 0.1) is 6.92 Å². The van der Waals surface area contributed by atoms with E-state index < -0.39 is 17.8 Å². The van der Waals surface area contributed by atoms with Crippen molar-refractivity contribution < 1.29 is 18.0 Å². The zero-order chi connectivity index (χ0) is 11.6. The van der Waals surface area contributed by atoms with Gasteiger partial charge in [-0.3, -0.25) is 10.1 Å². The number of hydrogen-bond donors (Lipinski definition) is 1. The Bertz CT molecular complexity index is 389. The molecule has 0 saturated heterocycles. The van der Waals surface area contributed by atoms with Crippen molar-refractivity contribution >= 4 is 11.9 Å². The predicted octanol–water partition coefficient (Wildman–Crippen LogP) is 1.76. The highest BCUT2D eigenvalue weighted by Crippen LogP contribution is 2.28. The monoisotopic (exact) mass is 219 g/mol. The summed E-state index contributed by atoms with van der Waals surface area (Å²) in [6, 6.07) is 0.811. The summed E-state index contributed by atoms with van der Waals surface area (Å²) in [5, 5.41) is 2.10. The quantitative estimate of drug-likeness (QED) is 0.782. The number of carbonyl (C=O) groups excluding carboxylic acids is 1. The molecule has 0 bridgehead atoms. The molecule has 0 atom stereocenters. The first-order chi connectivity index (χ1) is 6.79. The Morgan fingerprint density at radius 2 is 2.00 bits per heavy atom. The molecule has 0 spiro atoms. The van der Waals surface area contributed by atoms with Gasteiger partial charge in [-0.05, 0) is 13.0 Å². The second-order valence-electron chi connectivity index (χ2n) is 2.90. The molecule has 0 aliphatic rings. The fourth-order valence-corrected chi connectivity index (χ4v) is 0.927. The van der Waals surface area contributed by atoms with Crippen molar-refractivity contribution in [2.75, 3.05) is 5.32 Å². The van der Waals surface area contributed by atoms with Gasteiger partial charge in [0.05, 0.1) is 0 Å². The lowest BCUT2D eigenvalue weighted by Gasteiger charge is -2.08. The molecular weight excluding hydrogens is 211 g/mol. The molecule has 1 rings (SSSR count). The summed E-state index contributed by atoms with van der Waals surface area (Å²) in [5.74, 6) is -0.858. The Hall–Kier alpha value is -1.66. The molecule has 0 aliphatic heterocycles. The van der Waals surface area contributed by atoms with Gasteiger partial charge in [0.25, 0.3) is 0 Å². The number of aryl methyl sites for hydroxylation is 1. The second kappa shape index (κ2) is 3.84. The summed E-state index contributed by atoms with van der Waals surface area (Å²) >= 11 is 0. The third-order valence-corrected chi connectivity index (χ3v) is 1.43. The number of anilines is 1. The minimum Gasteiger partial charge on any atom is -0.295 e. The minimum absolute atomic E-state index is 0.140. The van der Waals surface area contributed by atoms with Gasteiger partial charge >= 0.3 is 6.18 Å². The highest BCUT2D eigenvalue weighted by Gasteiger charge is 2.33. The number of halogens is 3. The molecule has 82 valence electrons. The van der Waals surface area contributed by atoms with Gasteiger partial charge in [0.1, 0.15) is 5.69 Å². The predicted molar refractivity (Wildman–Crippen MR) is 46.1 cm³/mol. The van der Waals surface area contributed by atoms with Gasteiger partial charge in [-0.1, -0.05) is 0 Å². The van der Waals surface area contributed by atoms with Crippen LogP contribution in [0.5, 0.6) is 0 Å². The summed E-state index contributed by atoms with van der Waals surface area (Å²) in [5.41, 5.74) is -0.931. The Morgan fingerprint density at radius 3 is 2.47 bits per heavy atom. The summed E-state index contributed by atoms with van der Waals surface area (Å²) in [4.78, 5) is 17.4. The third kappa shape index (κ3) is 3.19. The maximum atomic E-state index is 12.3. The van der Waals surface area contributed by atoms with E-state index in [1.807, 2.05) is 0 Å². The van der Waals surface area contributed by atoms with Crippen molar-refractivity contribution in [1.82, 2.24) is 9.97 Å². The van der Waals surface area contributed by atoms with Crippen LogP contribution in [-0.2, 0) is 11.0 Å². The Balaban J connectivity index is 3.11. The first kappa shape index (κ1) is 11.4. The first-order valence-electron chi connectivity index (χ1n) is 3.99. The maximum Gasteiger partial charge on any atom is 0.433 e. The minimum atomic E-state index is -4.54. The van der Waals surface area contributed by atoms with Crippen molar-refractivity contribution in [3.8, 4) is 0 Å². The molecule has 0 unspecified atom stereocenters. The summed E-state index contributed by atoms with van der Waals surface area (Å²) in [6.45, 7) is 2.56. The van der Waals surface area contributed by atoms with Gasteiger partial charge in [0, 0.05) is 12.6 Å². The lowest BCUT2D eigenvalue weighted by molar-refractivity contribution is -0.141. The van der Waals surface area contributed by atoms with Crippen LogP contribution in [0.2, 0.25) is 0 Å². The van der Waals surface area contributed by atoms with Gasteiger partial charge < -0.3 is 0 Å². The molecule has 1 amide bonds. The fourth-order valence-electron chi connectivity index (χ4n) is 0.927. The molecule has 0 aliphatic carbocycles. The van der Waals surface area contributed by atoms with Crippen molar-refractivity contribution in [2.24, 2.45) is 0 Å². The normalized spacial score (nSPS) is 11.3. The van der Waals surface area contributed by atoms with Crippen LogP contribution in [-0.4, -0.2) is 15.9 Å². The molecule has 0 radical (unpaired) electrons. The van der Waals surface area contributed by atoms with Gasteiger partial charge in [-0.25, -0.2) is 9.97 Å². The Kier molecular flexibility index (Phi) is 2.92. The van der Waals surface area contributed by atoms with E-state index in [9.17, 15) is 18.0 Å². The summed E-state index contributed by atoms with van der Waals surface area (Å²) in [6.07, 6.45) is -4.54. The van der Waals surface area contributed by atoms with E-state index in [2.05, 4.69) is 15.3 Å². The van der Waals surface area contributed by atoms with Crippen LogP contribution in [0.25, 0.3) is 0 Å². The third-order valence-electron chi connectivity index (χ3n) is 1.43. The Labute approximate surface area is 83.5 Å². The molecule has 15 heavy (non-hydrogen) atoms. The van der Waals surface area contributed by atoms with E-state index >= 15 is 0 Å². The standard InChI is InChI=1S/C8H8F3N3O/c1-4-3-6(8(9,10)11)14-7(12-4)13-5(2)15/h3H,1-2H3,(H,12,13,14,15). The number of alkyl halides is 3. The zero-order valence-corrected chi connectivity index (χ0v) is 8.01. The molecule has 4 nitrogen and oxygen atoms in total. The summed E-state index contributed by atoms with van der Waals surface area (Å²) < 4.78 is 36.8. The van der Waals surface area contributed by atoms with Gasteiger partial charge in [-0.2, -0.15) is 13.2 Å². The van der Waals surface area contributed by atoms with E-state index in [0.717, 1.165) is 6.07 Å². The molecular formula is C8H8F3N3O. The largest absolute Gasteiger partial charge is 0.433 e. The molecule has 7 heteroatoms. The lowest BCUT2D eigenvalue weighted by atomic mass is 10.3. The average Bonchev–Trinajstić information content (AvgIpc) is 1.99. The van der Waals surface area contributed by atoms with Crippen LogP contribution in [0.3, 0.4) is 0 Å². The van der Waals surface area contributed by atoms with E-state index in [4.69, 9.17) is 0 Å². The maximum absolute atomic E-state index is 12.3. The molecule has 1 aromatic rings. The zero-order valence-electron chi connectivity index (χ0n) is 8.01. The number of aromatic nitrogens is 2. The molecule has 0 saturated carbocycles. The molecule has 1 aromatic heterocycles. The topological polar surface area (TPSA) is 54.9 Å². The highest BCUT2D eigenvalue weighted by atomic mass is 19.4.